The van der Waals surface area contributed by atoms with Crippen molar-refractivity contribution in [3.8, 4) is 0 Å². The Hall–Kier alpha value is -0.160. The zero-order chi connectivity index (χ0) is 9.33. The molecule has 0 aliphatic heterocycles. The van der Waals surface area contributed by atoms with Gasteiger partial charge in [0.2, 0.25) is 0 Å². The summed E-state index contributed by atoms with van der Waals surface area (Å²) in [5.74, 6) is -2.46. The zero-order valence-electron chi connectivity index (χ0n) is 7.46. The normalized spacial score (nSPS) is 10.4. The Morgan fingerprint density at radius 2 is 1.27 bits per heavy atom. The zero-order valence-corrected chi connectivity index (χ0v) is 7.46. The van der Waals surface area contributed by atoms with Crippen molar-refractivity contribution in [2.75, 3.05) is 13.1 Å². The van der Waals surface area contributed by atoms with Gasteiger partial charge in [0.15, 0.2) is 0 Å². The summed E-state index contributed by atoms with van der Waals surface area (Å²) in [5, 5.41) is 26.9. The summed E-state index contributed by atoms with van der Waals surface area (Å²) < 4.78 is 0. The molecule has 0 fully saturated rings. The first-order valence-corrected chi connectivity index (χ1v) is 3.85. The molecule has 0 radical (unpaired) electrons. The van der Waals surface area contributed by atoms with Gasteiger partial charge in [-0.15, -0.1) is 0 Å². The first-order chi connectivity index (χ1) is 4.97. The standard InChI is InChI=1S/C4H11N.C3H8O3/c1-3-5-4-2;1-2-3(4,5)6/h5H,3-4H2,1-2H3;4-6H,2H2,1H3. The monoisotopic (exact) mass is 165 g/mol. The van der Waals surface area contributed by atoms with Crippen molar-refractivity contribution >= 4 is 0 Å². The first-order valence-electron chi connectivity index (χ1n) is 3.85. The highest BCUT2D eigenvalue weighted by molar-refractivity contribution is 4.35. The molecule has 4 heteroatoms. The molecule has 11 heavy (non-hydrogen) atoms. The van der Waals surface area contributed by atoms with Gasteiger partial charge >= 0.3 is 0 Å². The van der Waals surface area contributed by atoms with Crippen molar-refractivity contribution in [2.45, 2.75) is 33.2 Å². The van der Waals surface area contributed by atoms with Crippen LogP contribution >= 0.6 is 0 Å². The Labute approximate surface area is 67.9 Å². The lowest BCUT2D eigenvalue weighted by molar-refractivity contribution is -0.312. The van der Waals surface area contributed by atoms with Gasteiger partial charge in [-0.2, -0.15) is 0 Å². The average Bonchev–Trinajstić information content (AvgIpc) is 1.90. The molecule has 0 unspecified atom stereocenters. The van der Waals surface area contributed by atoms with Crippen LogP contribution in [0.15, 0.2) is 0 Å². The maximum atomic E-state index is 7.94. The second-order valence-electron chi connectivity index (χ2n) is 2.09. The van der Waals surface area contributed by atoms with E-state index in [4.69, 9.17) is 15.3 Å². The summed E-state index contributed by atoms with van der Waals surface area (Å²) in [6, 6.07) is 0. The molecule has 70 valence electrons. The van der Waals surface area contributed by atoms with E-state index in [2.05, 4.69) is 19.2 Å². The lowest BCUT2D eigenvalue weighted by Crippen LogP contribution is -2.24. The maximum Gasteiger partial charge on any atom is 0.274 e. The van der Waals surface area contributed by atoms with E-state index in [1.165, 1.54) is 6.92 Å². The molecule has 0 bridgehead atoms. The summed E-state index contributed by atoms with van der Waals surface area (Å²) in [4.78, 5) is 0. The number of aliphatic hydroxyl groups is 3. The van der Waals surface area contributed by atoms with Gasteiger partial charge in [-0.1, -0.05) is 20.8 Å². The topological polar surface area (TPSA) is 72.7 Å². The molecule has 0 spiro atoms. The molecule has 0 amide bonds. The van der Waals surface area contributed by atoms with E-state index < -0.39 is 5.97 Å². The highest BCUT2D eigenvalue weighted by Crippen LogP contribution is 1.95. The fourth-order valence-corrected chi connectivity index (χ4v) is 0.250. The summed E-state index contributed by atoms with van der Waals surface area (Å²) in [7, 11) is 0. The third kappa shape index (κ3) is 25.8. The van der Waals surface area contributed by atoms with Crippen LogP contribution in [0.2, 0.25) is 0 Å². The van der Waals surface area contributed by atoms with Crippen LogP contribution < -0.4 is 5.32 Å². The second kappa shape index (κ2) is 7.94. The van der Waals surface area contributed by atoms with Gasteiger partial charge in [0.05, 0.1) is 0 Å². The van der Waals surface area contributed by atoms with Crippen LogP contribution in [0.5, 0.6) is 0 Å². The summed E-state index contributed by atoms with van der Waals surface area (Å²) in [5.41, 5.74) is 0. The molecular weight excluding hydrogens is 146 g/mol. The van der Waals surface area contributed by atoms with Crippen LogP contribution in [0.1, 0.15) is 27.2 Å². The number of nitrogens with one attached hydrogen (secondary N) is 1. The third-order valence-corrected chi connectivity index (χ3v) is 0.974. The minimum Gasteiger partial charge on any atom is -0.344 e. The maximum absolute atomic E-state index is 7.94. The molecule has 4 nitrogen and oxygen atoms in total. The molecule has 4 N–H and O–H groups in total. The van der Waals surface area contributed by atoms with Crippen molar-refractivity contribution < 1.29 is 15.3 Å². The van der Waals surface area contributed by atoms with Crippen LogP contribution in [0, 0.1) is 0 Å². The molecule has 0 aliphatic carbocycles. The van der Waals surface area contributed by atoms with Gasteiger partial charge in [0.1, 0.15) is 0 Å². The van der Waals surface area contributed by atoms with E-state index in [1.54, 1.807) is 0 Å². The average molecular weight is 165 g/mol. The molecule has 0 rings (SSSR count). The number of hydrogen-bond donors (Lipinski definition) is 4. The largest absolute Gasteiger partial charge is 0.344 e. The van der Waals surface area contributed by atoms with E-state index in [0.717, 1.165) is 13.1 Å². The molecule has 0 saturated heterocycles. The van der Waals surface area contributed by atoms with Gasteiger partial charge < -0.3 is 20.6 Å². The highest BCUT2D eigenvalue weighted by Gasteiger charge is 2.11. The van der Waals surface area contributed by atoms with E-state index >= 15 is 0 Å². The minimum absolute atomic E-state index is 0.0625. The Morgan fingerprint density at radius 3 is 1.27 bits per heavy atom. The van der Waals surface area contributed by atoms with Crippen molar-refractivity contribution in [2.24, 2.45) is 0 Å². The number of rotatable bonds is 3. The highest BCUT2D eigenvalue weighted by atomic mass is 16.7. The molecule has 0 heterocycles. The lowest BCUT2D eigenvalue weighted by atomic mass is 10.4. The van der Waals surface area contributed by atoms with Crippen LogP contribution in [0.3, 0.4) is 0 Å². The van der Waals surface area contributed by atoms with Crippen molar-refractivity contribution in [3.05, 3.63) is 0 Å². The predicted octanol–water partition coefficient (Wildman–Crippen LogP) is -0.357. The first kappa shape index (κ1) is 13.4. The molecule has 0 aliphatic rings. The molecule has 0 aromatic carbocycles. The fraction of sp³-hybridized carbons (Fsp3) is 1.00. The van der Waals surface area contributed by atoms with Gasteiger partial charge in [0, 0.05) is 6.42 Å². The molecule has 0 aromatic heterocycles. The Balaban J connectivity index is 0. The fourth-order valence-electron chi connectivity index (χ4n) is 0.250. The summed E-state index contributed by atoms with van der Waals surface area (Å²) in [6.45, 7) is 7.85. The van der Waals surface area contributed by atoms with Crippen molar-refractivity contribution in [3.63, 3.8) is 0 Å². The minimum atomic E-state index is -2.46. The summed E-state index contributed by atoms with van der Waals surface area (Å²) >= 11 is 0. The van der Waals surface area contributed by atoms with E-state index in [9.17, 15) is 0 Å². The van der Waals surface area contributed by atoms with Gasteiger partial charge in [-0.05, 0) is 13.1 Å². The predicted molar refractivity (Wildman–Crippen MR) is 43.9 cm³/mol. The molecule has 0 atom stereocenters. The molecule has 0 saturated carbocycles. The van der Waals surface area contributed by atoms with Crippen molar-refractivity contribution in [1.29, 1.82) is 0 Å². The third-order valence-electron chi connectivity index (χ3n) is 0.974. The number of hydrogen-bond acceptors (Lipinski definition) is 4. The smallest absolute Gasteiger partial charge is 0.274 e. The quantitative estimate of drug-likeness (QED) is 0.431. The second-order valence-corrected chi connectivity index (χ2v) is 2.09. The Bertz CT molecular complexity index is 68.6. The van der Waals surface area contributed by atoms with Crippen LogP contribution in [-0.2, 0) is 0 Å². The van der Waals surface area contributed by atoms with Crippen LogP contribution in [0.4, 0.5) is 0 Å². The van der Waals surface area contributed by atoms with E-state index in [0.29, 0.717) is 0 Å². The Morgan fingerprint density at radius 1 is 1.00 bits per heavy atom. The van der Waals surface area contributed by atoms with Gasteiger partial charge in [-0.3, -0.25) is 0 Å². The lowest BCUT2D eigenvalue weighted by Gasteiger charge is -2.08. The SMILES string of the molecule is CCC(O)(O)O.CCNCC. The molecule has 0 aromatic rings. The van der Waals surface area contributed by atoms with Crippen LogP contribution in [0.25, 0.3) is 0 Å². The molecular formula is C7H19NO3. The van der Waals surface area contributed by atoms with Gasteiger partial charge in [-0.25, -0.2) is 0 Å². The van der Waals surface area contributed by atoms with Gasteiger partial charge in [0.25, 0.3) is 5.97 Å². The summed E-state index contributed by atoms with van der Waals surface area (Å²) in [6.07, 6.45) is -0.0625. The van der Waals surface area contributed by atoms with Crippen molar-refractivity contribution in [1.82, 2.24) is 5.32 Å². The Kier molecular flexibility index (Phi) is 9.70. The van der Waals surface area contributed by atoms with Crippen LogP contribution in [-0.4, -0.2) is 34.4 Å². The van der Waals surface area contributed by atoms with E-state index in [-0.39, 0.29) is 6.42 Å². The van der Waals surface area contributed by atoms with E-state index in [1.807, 2.05) is 0 Å².